The molecule has 1 aliphatic rings. The minimum absolute atomic E-state index is 0.168. The highest BCUT2D eigenvalue weighted by atomic mass is 19.4. The SMILES string of the molecule is O[C@@H](CNC[C@@H]1COc2ccccc2O1)C(F)(F)F. The minimum Gasteiger partial charge on any atom is -0.486 e. The Morgan fingerprint density at radius 1 is 1.32 bits per heavy atom. The summed E-state index contributed by atoms with van der Waals surface area (Å²) in [5, 5.41) is 11.3. The van der Waals surface area contributed by atoms with Crippen LogP contribution in [-0.4, -0.2) is 43.2 Å². The van der Waals surface area contributed by atoms with Gasteiger partial charge in [-0.15, -0.1) is 0 Å². The lowest BCUT2D eigenvalue weighted by Crippen LogP contribution is -2.44. The molecule has 1 aromatic rings. The van der Waals surface area contributed by atoms with Crippen LogP contribution in [0.3, 0.4) is 0 Å². The van der Waals surface area contributed by atoms with Crippen LogP contribution >= 0.6 is 0 Å². The third-order valence-corrected chi connectivity index (χ3v) is 2.66. The summed E-state index contributed by atoms with van der Waals surface area (Å²) in [6, 6.07) is 7.07. The summed E-state index contributed by atoms with van der Waals surface area (Å²) in [6.45, 7) is -0.140. The third-order valence-electron chi connectivity index (χ3n) is 2.66. The molecule has 7 heteroatoms. The van der Waals surface area contributed by atoms with Gasteiger partial charge < -0.3 is 19.9 Å². The van der Waals surface area contributed by atoms with Crippen molar-refractivity contribution in [1.82, 2.24) is 5.32 Å². The monoisotopic (exact) mass is 277 g/mol. The highest BCUT2D eigenvalue weighted by Gasteiger charge is 2.37. The molecule has 0 radical (unpaired) electrons. The van der Waals surface area contributed by atoms with Crippen molar-refractivity contribution in [2.75, 3.05) is 19.7 Å². The Bertz CT molecular complexity index is 425. The van der Waals surface area contributed by atoms with Gasteiger partial charge in [0.25, 0.3) is 0 Å². The van der Waals surface area contributed by atoms with E-state index in [2.05, 4.69) is 5.32 Å². The van der Waals surface area contributed by atoms with Crippen LogP contribution in [0.25, 0.3) is 0 Å². The van der Waals surface area contributed by atoms with E-state index in [-0.39, 0.29) is 19.3 Å². The van der Waals surface area contributed by atoms with E-state index in [1.54, 1.807) is 24.3 Å². The van der Waals surface area contributed by atoms with E-state index in [1.165, 1.54) is 0 Å². The molecule has 0 fully saturated rings. The molecule has 0 amide bonds. The molecule has 2 N–H and O–H groups in total. The van der Waals surface area contributed by atoms with Gasteiger partial charge in [0.05, 0.1) is 0 Å². The van der Waals surface area contributed by atoms with Crippen LogP contribution in [0.5, 0.6) is 11.5 Å². The highest BCUT2D eigenvalue weighted by molar-refractivity contribution is 5.40. The second-order valence-electron chi connectivity index (χ2n) is 4.21. The molecular weight excluding hydrogens is 263 g/mol. The summed E-state index contributed by atoms with van der Waals surface area (Å²) in [5.41, 5.74) is 0. The van der Waals surface area contributed by atoms with E-state index < -0.39 is 18.8 Å². The Morgan fingerprint density at radius 3 is 2.68 bits per heavy atom. The number of aliphatic hydroxyl groups is 1. The molecule has 0 aliphatic carbocycles. The van der Waals surface area contributed by atoms with E-state index in [0.717, 1.165) is 0 Å². The quantitative estimate of drug-likeness (QED) is 0.872. The topological polar surface area (TPSA) is 50.7 Å². The van der Waals surface area contributed by atoms with Crippen molar-refractivity contribution in [3.8, 4) is 11.5 Å². The maximum absolute atomic E-state index is 12.1. The summed E-state index contributed by atoms with van der Waals surface area (Å²) >= 11 is 0. The van der Waals surface area contributed by atoms with Crippen LogP contribution in [0.4, 0.5) is 13.2 Å². The number of benzene rings is 1. The zero-order chi connectivity index (χ0) is 13.9. The fourth-order valence-corrected chi connectivity index (χ4v) is 1.66. The Hall–Kier alpha value is -1.47. The number of hydrogen-bond acceptors (Lipinski definition) is 4. The molecule has 2 atom stereocenters. The van der Waals surface area contributed by atoms with Gasteiger partial charge in [-0.2, -0.15) is 13.2 Å². The van der Waals surface area contributed by atoms with Crippen LogP contribution in [0.15, 0.2) is 24.3 Å². The number of alkyl halides is 3. The average molecular weight is 277 g/mol. The lowest BCUT2D eigenvalue weighted by molar-refractivity contribution is -0.202. The number of para-hydroxylation sites is 2. The smallest absolute Gasteiger partial charge is 0.415 e. The highest BCUT2D eigenvalue weighted by Crippen LogP contribution is 2.30. The molecule has 0 bridgehead atoms. The van der Waals surface area contributed by atoms with Gasteiger partial charge in [-0.25, -0.2) is 0 Å². The lowest BCUT2D eigenvalue weighted by atomic mass is 10.2. The zero-order valence-electron chi connectivity index (χ0n) is 9.98. The van der Waals surface area contributed by atoms with Crippen molar-refractivity contribution in [2.24, 2.45) is 0 Å². The van der Waals surface area contributed by atoms with Crippen LogP contribution in [0.1, 0.15) is 0 Å². The molecule has 0 spiro atoms. The predicted octanol–water partition coefficient (Wildman–Crippen LogP) is 1.34. The number of rotatable bonds is 4. The second kappa shape index (κ2) is 5.66. The number of ether oxygens (including phenoxy) is 2. The molecular formula is C12H14F3NO3. The molecule has 1 aromatic carbocycles. The van der Waals surface area contributed by atoms with Crippen LogP contribution in [0, 0.1) is 0 Å². The second-order valence-corrected chi connectivity index (χ2v) is 4.21. The van der Waals surface area contributed by atoms with Crippen molar-refractivity contribution in [3.63, 3.8) is 0 Å². The van der Waals surface area contributed by atoms with Gasteiger partial charge in [0.2, 0.25) is 0 Å². The van der Waals surface area contributed by atoms with Crippen molar-refractivity contribution < 1.29 is 27.8 Å². The first-order valence-electron chi connectivity index (χ1n) is 5.81. The van der Waals surface area contributed by atoms with Gasteiger partial charge in [0.15, 0.2) is 17.6 Å². The van der Waals surface area contributed by atoms with Gasteiger partial charge in [-0.3, -0.25) is 0 Å². The maximum atomic E-state index is 12.1. The fourth-order valence-electron chi connectivity index (χ4n) is 1.66. The standard InChI is InChI=1S/C12H14F3NO3/c13-12(14,15)11(17)6-16-5-8-7-18-9-3-1-2-4-10(9)19-8/h1-4,8,11,16-17H,5-7H2/t8-,11+/m1/s1. The number of aliphatic hydroxyl groups excluding tert-OH is 1. The van der Waals surface area contributed by atoms with Crippen molar-refractivity contribution >= 4 is 0 Å². The van der Waals surface area contributed by atoms with E-state index in [1.807, 2.05) is 0 Å². The van der Waals surface area contributed by atoms with Crippen LogP contribution in [-0.2, 0) is 0 Å². The lowest BCUT2D eigenvalue weighted by Gasteiger charge is -2.27. The molecule has 106 valence electrons. The van der Waals surface area contributed by atoms with E-state index in [4.69, 9.17) is 14.6 Å². The Labute approximate surface area is 108 Å². The number of nitrogens with one attached hydrogen (secondary N) is 1. The molecule has 1 heterocycles. The fraction of sp³-hybridized carbons (Fsp3) is 0.500. The molecule has 0 saturated carbocycles. The van der Waals surface area contributed by atoms with Gasteiger partial charge in [0.1, 0.15) is 12.7 Å². The zero-order valence-corrected chi connectivity index (χ0v) is 9.98. The Morgan fingerprint density at radius 2 is 2.00 bits per heavy atom. The Kier molecular flexibility index (Phi) is 4.16. The molecule has 0 saturated heterocycles. The summed E-state index contributed by atoms with van der Waals surface area (Å²) < 4.78 is 47.2. The van der Waals surface area contributed by atoms with Crippen molar-refractivity contribution in [3.05, 3.63) is 24.3 Å². The first-order valence-corrected chi connectivity index (χ1v) is 5.81. The molecule has 1 aliphatic heterocycles. The average Bonchev–Trinajstić information content (AvgIpc) is 2.37. The summed E-state index contributed by atoms with van der Waals surface area (Å²) in [5.74, 6) is 1.19. The molecule has 2 rings (SSSR count). The molecule has 4 nitrogen and oxygen atoms in total. The first-order chi connectivity index (χ1) is 8.97. The largest absolute Gasteiger partial charge is 0.486 e. The maximum Gasteiger partial charge on any atom is 0.415 e. The van der Waals surface area contributed by atoms with Crippen LogP contribution < -0.4 is 14.8 Å². The van der Waals surface area contributed by atoms with Crippen molar-refractivity contribution in [2.45, 2.75) is 18.4 Å². The van der Waals surface area contributed by atoms with Gasteiger partial charge in [-0.1, -0.05) is 12.1 Å². The van der Waals surface area contributed by atoms with E-state index >= 15 is 0 Å². The van der Waals surface area contributed by atoms with E-state index in [0.29, 0.717) is 11.5 Å². The molecule has 0 unspecified atom stereocenters. The number of hydrogen-bond donors (Lipinski definition) is 2. The predicted molar refractivity (Wildman–Crippen MR) is 61.3 cm³/mol. The Balaban J connectivity index is 1.77. The minimum atomic E-state index is -4.61. The van der Waals surface area contributed by atoms with E-state index in [9.17, 15) is 13.2 Å². The normalized spacial score (nSPS) is 20.1. The van der Waals surface area contributed by atoms with Crippen molar-refractivity contribution in [1.29, 1.82) is 0 Å². The third kappa shape index (κ3) is 3.74. The van der Waals surface area contributed by atoms with Gasteiger partial charge >= 0.3 is 6.18 Å². The summed E-state index contributed by atoms with van der Waals surface area (Å²) in [7, 11) is 0. The first kappa shape index (κ1) is 14.0. The summed E-state index contributed by atoms with van der Waals surface area (Å²) in [4.78, 5) is 0. The molecule has 0 aromatic heterocycles. The van der Waals surface area contributed by atoms with Crippen LogP contribution in [0.2, 0.25) is 0 Å². The van der Waals surface area contributed by atoms with Gasteiger partial charge in [-0.05, 0) is 12.1 Å². The number of halogens is 3. The van der Waals surface area contributed by atoms with Gasteiger partial charge in [0, 0.05) is 13.1 Å². The summed E-state index contributed by atoms with van der Waals surface area (Å²) in [6.07, 6.45) is -7.36. The molecule has 19 heavy (non-hydrogen) atoms. The number of fused-ring (bicyclic) bond motifs is 1.